The molecule has 146 valence electrons. The number of aryl methyl sites for hydroxylation is 1. The quantitative estimate of drug-likeness (QED) is 0.500. The summed E-state index contributed by atoms with van der Waals surface area (Å²) in [5.74, 6) is -0.819. The third-order valence-corrected chi connectivity index (χ3v) is 5.45. The van der Waals surface area contributed by atoms with Crippen LogP contribution in [0.4, 0.5) is 0 Å². The van der Waals surface area contributed by atoms with Gasteiger partial charge in [-0.1, -0.05) is 60.7 Å². The van der Waals surface area contributed by atoms with Gasteiger partial charge >= 0.3 is 5.97 Å². The molecule has 0 radical (unpaired) electrons. The highest BCUT2D eigenvalue weighted by molar-refractivity contribution is 5.99. The lowest BCUT2D eigenvalue weighted by Crippen LogP contribution is -2.26. The molecule has 1 aliphatic rings. The molecule has 0 saturated heterocycles. The van der Waals surface area contributed by atoms with Crippen molar-refractivity contribution in [2.75, 3.05) is 6.54 Å². The Hall–Kier alpha value is -3.40. The predicted molar refractivity (Wildman–Crippen MR) is 113 cm³/mol. The molecule has 0 bridgehead atoms. The summed E-state index contributed by atoms with van der Waals surface area (Å²) in [6.07, 6.45) is 2.21. The van der Waals surface area contributed by atoms with Gasteiger partial charge in [-0.25, -0.2) is 0 Å². The number of carbonyl (C=O) groups excluding carboxylic acids is 1. The van der Waals surface area contributed by atoms with Crippen molar-refractivity contribution in [2.24, 2.45) is 0 Å². The molecule has 0 aliphatic heterocycles. The van der Waals surface area contributed by atoms with Crippen molar-refractivity contribution in [2.45, 2.75) is 25.7 Å². The van der Waals surface area contributed by atoms with E-state index in [1.807, 2.05) is 48.5 Å². The lowest BCUT2D eigenvalue weighted by Gasteiger charge is -2.10. The molecular formula is C25H23NO3. The van der Waals surface area contributed by atoms with Crippen LogP contribution in [0, 0.1) is 0 Å². The van der Waals surface area contributed by atoms with Crippen molar-refractivity contribution in [1.82, 2.24) is 5.32 Å². The van der Waals surface area contributed by atoms with Crippen molar-refractivity contribution in [3.05, 3.63) is 94.5 Å². The molecule has 4 nitrogen and oxygen atoms in total. The molecule has 2 N–H and O–H groups in total. The summed E-state index contributed by atoms with van der Waals surface area (Å²) in [6.45, 7) is 0.559. The van der Waals surface area contributed by atoms with Gasteiger partial charge < -0.3 is 10.4 Å². The Labute approximate surface area is 170 Å². The van der Waals surface area contributed by atoms with Crippen LogP contribution in [0.25, 0.3) is 11.1 Å². The zero-order chi connectivity index (χ0) is 20.2. The minimum atomic E-state index is -0.785. The summed E-state index contributed by atoms with van der Waals surface area (Å²) in [5.41, 5.74) is 7.64. The molecule has 3 aromatic rings. The highest BCUT2D eigenvalue weighted by Crippen LogP contribution is 2.37. The van der Waals surface area contributed by atoms with Gasteiger partial charge in [0.2, 0.25) is 0 Å². The number of carboxylic acids is 1. The molecular weight excluding hydrogens is 362 g/mol. The Kier molecular flexibility index (Phi) is 5.43. The second kappa shape index (κ2) is 8.31. The fourth-order valence-corrected chi connectivity index (χ4v) is 3.91. The van der Waals surface area contributed by atoms with E-state index in [1.165, 1.54) is 11.1 Å². The van der Waals surface area contributed by atoms with E-state index in [4.69, 9.17) is 5.11 Å². The fourth-order valence-electron chi connectivity index (χ4n) is 3.91. The lowest BCUT2D eigenvalue weighted by molar-refractivity contribution is -0.136. The van der Waals surface area contributed by atoms with Crippen LogP contribution < -0.4 is 5.32 Å². The topological polar surface area (TPSA) is 66.4 Å². The Morgan fingerprint density at radius 2 is 1.52 bits per heavy atom. The highest BCUT2D eigenvalue weighted by atomic mass is 16.4. The van der Waals surface area contributed by atoms with Crippen molar-refractivity contribution >= 4 is 11.9 Å². The van der Waals surface area contributed by atoms with Gasteiger partial charge in [-0.05, 0) is 58.7 Å². The molecule has 29 heavy (non-hydrogen) atoms. The maximum atomic E-state index is 12.8. The average molecular weight is 385 g/mol. The van der Waals surface area contributed by atoms with E-state index in [0.717, 1.165) is 40.7 Å². The van der Waals surface area contributed by atoms with Gasteiger partial charge in [-0.3, -0.25) is 9.59 Å². The number of fused-ring (bicyclic) bond motifs is 3. The summed E-state index contributed by atoms with van der Waals surface area (Å²) in [4.78, 5) is 23.4. The number of amides is 1. The van der Waals surface area contributed by atoms with E-state index >= 15 is 0 Å². The minimum absolute atomic E-state index is 0.0345. The third-order valence-electron chi connectivity index (χ3n) is 5.45. The van der Waals surface area contributed by atoms with E-state index in [2.05, 4.69) is 23.5 Å². The summed E-state index contributed by atoms with van der Waals surface area (Å²) >= 11 is 0. The largest absolute Gasteiger partial charge is 0.481 e. The number of carboxylic acid groups (broad SMARTS) is 1. The van der Waals surface area contributed by atoms with Gasteiger partial charge in [0.1, 0.15) is 0 Å². The van der Waals surface area contributed by atoms with Crippen LogP contribution in [-0.4, -0.2) is 23.5 Å². The zero-order valence-corrected chi connectivity index (χ0v) is 16.2. The lowest BCUT2D eigenvalue weighted by atomic mass is 10.0. The summed E-state index contributed by atoms with van der Waals surface area (Å²) in [6, 6.07) is 22.2. The van der Waals surface area contributed by atoms with E-state index in [1.54, 1.807) is 0 Å². The molecule has 1 amide bonds. The molecule has 0 heterocycles. The first-order valence-electron chi connectivity index (χ1n) is 9.90. The third kappa shape index (κ3) is 4.21. The number of benzene rings is 3. The summed E-state index contributed by atoms with van der Waals surface area (Å²) in [7, 11) is 0. The predicted octanol–water partition coefficient (Wildman–Crippen LogP) is 4.25. The van der Waals surface area contributed by atoms with Gasteiger partial charge in [0.25, 0.3) is 5.91 Å². The second-order valence-electron chi connectivity index (χ2n) is 7.38. The van der Waals surface area contributed by atoms with Crippen LogP contribution in [0.1, 0.15) is 39.0 Å². The SMILES string of the molecule is O=C(O)CCc1ccc(CCNC(=O)c2cccc3c2Cc2ccccc2-3)cc1. The normalized spacial score (nSPS) is 11.6. The maximum Gasteiger partial charge on any atom is 0.303 e. The molecule has 0 saturated carbocycles. The van der Waals surface area contributed by atoms with E-state index in [0.29, 0.717) is 13.0 Å². The van der Waals surface area contributed by atoms with Gasteiger partial charge in [-0.15, -0.1) is 0 Å². The Bertz CT molecular complexity index is 1050. The van der Waals surface area contributed by atoms with E-state index in [-0.39, 0.29) is 12.3 Å². The fraction of sp³-hybridized carbons (Fsp3) is 0.200. The Morgan fingerprint density at radius 1 is 0.828 bits per heavy atom. The number of aliphatic carboxylic acids is 1. The first-order chi connectivity index (χ1) is 14.1. The number of carbonyl (C=O) groups is 2. The monoisotopic (exact) mass is 385 g/mol. The van der Waals surface area contributed by atoms with Gasteiger partial charge in [0.05, 0.1) is 0 Å². The molecule has 3 aromatic carbocycles. The molecule has 4 rings (SSSR count). The zero-order valence-electron chi connectivity index (χ0n) is 16.2. The van der Waals surface area contributed by atoms with Gasteiger partial charge in [0, 0.05) is 18.5 Å². The average Bonchev–Trinajstić information content (AvgIpc) is 3.12. The number of nitrogens with one attached hydrogen (secondary N) is 1. The first-order valence-corrected chi connectivity index (χ1v) is 9.90. The molecule has 0 fully saturated rings. The van der Waals surface area contributed by atoms with Crippen LogP contribution in [-0.2, 0) is 24.1 Å². The standard InChI is InChI=1S/C25H23NO3/c27-24(28)13-12-17-8-10-18(11-9-17)14-15-26-25(29)22-7-3-6-21-20-5-2-1-4-19(20)16-23(21)22/h1-11H,12-16H2,(H,26,29)(H,27,28). The van der Waals surface area contributed by atoms with Crippen LogP contribution >= 0.6 is 0 Å². The minimum Gasteiger partial charge on any atom is -0.481 e. The van der Waals surface area contributed by atoms with Crippen LogP contribution in [0.5, 0.6) is 0 Å². The first kappa shape index (κ1) is 18.9. The molecule has 0 unspecified atom stereocenters. The Balaban J connectivity index is 1.36. The van der Waals surface area contributed by atoms with Crippen LogP contribution in [0.15, 0.2) is 66.7 Å². The molecule has 1 aliphatic carbocycles. The van der Waals surface area contributed by atoms with Crippen molar-refractivity contribution in [3.63, 3.8) is 0 Å². The van der Waals surface area contributed by atoms with Gasteiger partial charge in [-0.2, -0.15) is 0 Å². The maximum absolute atomic E-state index is 12.8. The molecule has 0 atom stereocenters. The highest BCUT2D eigenvalue weighted by Gasteiger charge is 2.22. The number of hydrogen-bond acceptors (Lipinski definition) is 2. The smallest absolute Gasteiger partial charge is 0.303 e. The molecule has 4 heteroatoms. The second-order valence-corrected chi connectivity index (χ2v) is 7.38. The van der Waals surface area contributed by atoms with Crippen LogP contribution in [0.3, 0.4) is 0 Å². The van der Waals surface area contributed by atoms with Crippen molar-refractivity contribution in [3.8, 4) is 11.1 Å². The summed E-state index contributed by atoms with van der Waals surface area (Å²) in [5, 5.41) is 11.8. The Morgan fingerprint density at radius 3 is 2.28 bits per heavy atom. The number of rotatable bonds is 7. The summed E-state index contributed by atoms with van der Waals surface area (Å²) < 4.78 is 0. The van der Waals surface area contributed by atoms with E-state index in [9.17, 15) is 9.59 Å². The molecule has 0 aromatic heterocycles. The molecule has 0 spiro atoms. The van der Waals surface area contributed by atoms with Crippen molar-refractivity contribution in [1.29, 1.82) is 0 Å². The van der Waals surface area contributed by atoms with Crippen molar-refractivity contribution < 1.29 is 14.7 Å². The van der Waals surface area contributed by atoms with Gasteiger partial charge in [0.15, 0.2) is 0 Å². The van der Waals surface area contributed by atoms with Crippen LogP contribution in [0.2, 0.25) is 0 Å². The number of hydrogen-bond donors (Lipinski definition) is 2. The van der Waals surface area contributed by atoms with E-state index < -0.39 is 5.97 Å².